The lowest BCUT2D eigenvalue weighted by Crippen LogP contribution is -2.52. The van der Waals surface area contributed by atoms with E-state index >= 15 is 0 Å². The maximum atomic E-state index is 12.3. The molecule has 0 bridgehead atoms. The highest BCUT2D eigenvalue weighted by atomic mass is 16.2. The Bertz CT molecular complexity index is 597. The third-order valence-corrected chi connectivity index (χ3v) is 3.62. The van der Waals surface area contributed by atoms with Gasteiger partial charge in [0.15, 0.2) is 0 Å². The molecular formula is C13H13N3O3. The van der Waals surface area contributed by atoms with Crippen molar-refractivity contribution in [2.45, 2.75) is 25.4 Å². The van der Waals surface area contributed by atoms with E-state index in [0.29, 0.717) is 24.2 Å². The van der Waals surface area contributed by atoms with Gasteiger partial charge in [0.1, 0.15) is 6.04 Å². The van der Waals surface area contributed by atoms with Crippen LogP contribution in [0.2, 0.25) is 0 Å². The van der Waals surface area contributed by atoms with Gasteiger partial charge in [-0.3, -0.25) is 19.7 Å². The number of benzene rings is 1. The van der Waals surface area contributed by atoms with Crippen molar-refractivity contribution in [2.75, 3.05) is 5.73 Å². The Labute approximate surface area is 109 Å². The molecule has 3 amide bonds. The first-order valence-corrected chi connectivity index (χ1v) is 6.10. The van der Waals surface area contributed by atoms with Gasteiger partial charge in [-0.05, 0) is 18.6 Å². The number of rotatable bonds is 1. The molecule has 0 radical (unpaired) electrons. The van der Waals surface area contributed by atoms with E-state index < -0.39 is 11.9 Å². The molecule has 0 saturated carbocycles. The van der Waals surface area contributed by atoms with Crippen molar-refractivity contribution >= 4 is 23.4 Å². The van der Waals surface area contributed by atoms with Crippen molar-refractivity contribution in [1.82, 2.24) is 10.2 Å². The Morgan fingerprint density at radius 2 is 2.05 bits per heavy atom. The van der Waals surface area contributed by atoms with E-state index in [0.717, 1.165) is 5.56 Å². The van der Waals surface area contributed by atoms with Crippen molar-refractivity contribution < 1.29 is 14.4 Å². The third kappa shape index (κ3) is 1.76. The molecule has 1 saturated heterocycles. The van der Waals surface area contributed by atoms with Crippen LogP contribution in [0.25, 0.3) is 0 Å². The van der Waals surface area contributed by atoms with E-state index in [-0.39, 0.29) is 18.2 Å². The van der Waals surface area contributed by atoms with Gasteiger partial charge < -0.3 is 10.6 Å². The number of nitrogens with one attached hydrogen (secondary N) is 1. The molecule has 2 heterocycles. The number of nitrogens with two attached hydrogens (primary N) is 1. The lowest BCUT2D eigenvalue weighted by atomic mass is 10.0. The Balaban J connectivity index is 1.90. The highest BCUT2D eigenvalue weighted by molar-refractivity contribution is 6.06. The summed E-state index contributed by atoms with van der Waals surface area (Å²) < 4.78 is 0. The maximum Gasteiger partial charge on any atom is 0.255 e. The molecule has 1 aromatic rings. The quantitative estimate of drug-likeness (QED) is 0.423. The minimum atomic E-state index is -0.586. The largest absolute Gasteiger partial charge is 0.398 e. The third-order valence-electron chi connectivity index (χ3n) is 3.62. The van der Waals surface area contributed by atoms with Crippen molar-refractivity contribution in [3.8, 4) is 0 Å². The Morgan fingerprint density at radius 1 is 1.26 bits per heavy atom. The van der Waals surface area contributed by atoms with E-state index in [1.807, 2.05) is 0 Å². The van der Waals surface area contributed by atoms with Gasteiger partial charge in [0.25, 0.3) is 5.91 Å². The van der Waals surface area contributed by atoms with Crippen molar-refractivity contribution in [3.05, 3.63) is 29.3 Å². The number of carbonyl (C=O) groups is 3. The van der Waals surface area contributed by atoms with Crippen LogP contribution < -0.4 is 11.1 Å². The number of piperidine rings is 1. The molecule has 98 valence electrons. The molecule has 1 aromatic carbocycles. The molecular weight excluding hydrogens is 247 g/mol. The molecule has 2 aliphatic heterocycles. The van der Waals surface area contributed by atoms with Crippen LogP contribution in [0.15, 0.2) is 18.2 Å². The molecule has 1 fully saturated rings. The monoisotopic (exact) mass is 260 g/mol. The molecule has 1 atom stereocenters. The zero-order chi connectivity index (χ0) is 13.6. The Morgan fingerprint density at radius 3 is 2.74 bits per heavy atom. The fourth-order valence-electron chi connectivity index (χ4n) is 2.61. The molecule has 1 unspecified atom stereocenters. The molecule has 2 aliphatic rings. The van der Waals surface area contributed by atoms with Gasteiger partial charge >= 0.3 is 0 Å². The van der Waals surface area contributed by atoms with Gasteiger partial charge in [0.05, 0.1) is 0 Å². The van der Waals surface area contributed by atoms with Crippen LogP contribution in [0.1, 0.15) is 28.8 Å². The fourth-order valence-corrected chi connectivity index (χ4v) is 2.61. The average Bonchev–Trinajstić information content (AvgIpc) is 2.69. The number of amides is 3. The first-order valence-electron chi connectivity index (χ1n) is 6.10. The fraction of sp³-hybridized carbons (Fsp3) is 0.308. The number of nitrogen functional groups attached to an aromatic ring is 1. The van der Waals surface area contributed by atoms with E-state index in [2.05, 4.69) is 5.32 Å². The second-order valence-corrected chi connectivity index (χ2v) is 4.77. The summed E-state index contributed by atoms with van der Waals surface area (Å²) in [6.45, 7) is 0.327. The minimum Gasteiger partial charge on any atom is -0.398 e. The van der Waals surface area contributed by atoms with E-state index in [9.17, 15) is 14.4 Å². The molecule has 0 aromatic heterocycles. The first-order chi connectivity index (χ1) is 9.08. The number of nitrogens with zero attached hydrogens (tertiary/aromatic N) is 1. The van der Waals surface area contributed by atoms with Crippen LogP contribution in [0.3, 0.4) is 0 Å². The summed E-state index contributed by atoms with van der Waals surface area (Å²) in [5.41, 5.74) is 7.71. The van der Waals surface area contributed by atoms with Gasteiger partial charge in [-0.2, -0.15) is 0 Å². The zero-order valence-corrected chi connectivity index (χ0v) is 10.2. The van der Waals surface area contributed by atoms with Crippen molar-refractivity contribution in [3.63, 3.8) is 0 Å². The summed E-state index contributed by atoms with van der Waals surface area (Å²) >= 11 is 0. The van der Waals surface area contributed by atoms with Gasteiger partial charge in [0.2, 0.25) is 11.8 Å². The Kier molecular flexibility index (Phi) is 2.51. The number of anilines is 1. The zero-order valence-electron chi connectivity index (χ0n) is 10.2. The smallest absolute Gasteiger partial charge is 0.255 e. The van der Waals surface area contributed by atoms with Gasteiger partial charge in [-0.15, -0.1) is 0 Å². The molecule has 0 aliphatic carbocycles. The predicted octanol–water partition coefficient (Wildman–Crippen LogP) is 0.0298. The van der Waals surface area contributed by atoms with Gasteiger partial charge in [-0.25, -0.2) is 0 Å². The molecule has 19 heavy (non-hydrogen) atoms. The second kappa shape index (κ2) is 4.08. The van der Waals surface area contributed by atoms with Crippen LogP contribution in [-0.4, -0.2) is 28.7 Å². The van der Waals surface area contributed by atoms with Gasteiger partial charge in [-0.1, -0.05) is 6.07 Å². The Hall–Kier alpha value is -2.37. The molecule has 3 rings (SSSR count). The molecule has 6 heteroatoms. The number of imide groups is 1. The van der Waals surface area contributed by atoms with Crippen molar-refractivity contribution in [2.24, 2.45) is 0 Å². The standard InChI is InChI=1S/C13H13N3O3/c14-9-3-1-2-7-8(9)6-16(13(7)19)10-4-5-11(17)15-12(10)18/h1-3,10H,4-6,14H2,(H,15,17,18)/i14+1. The summed E-state index contributed by atoms with van der Waals surface area (Å²) in [5, 5.41) is 2.27. The maximum absolute atomic E-state index is 12.3. The summed E-state index contributed by atoms with van der Waals surface area (Å²) in [5.74, 6) is -0.891. The van der Waals surface area contributed by atoms with Gasteiger partial charge in [0, 0.05) is 29.8 Å². The highest BCUT2D eigenvalue weighted by Crippen LogP contribution is 2.30. The highest BCUT2D eigenvalue weighted by Gasteiger charge is 2.39. The van der Waals surface area contributed by atoms with Crippen molar-refractivity contribution in [1.29, 1.82) is 0 Å². The van der Waals surface area contributed by atoms with Crippen LogP contribution in [0.5, 0.6) is 0 Å². The number of hydrogen-bond donors (Lipinski definition) is 2. The number of carbonyl (C=O) groups excluding carboxylic acids is 3. The second-order valence-electron chi connectivity index (χ2n) is 4.77. The van der Waals surface area contributed by atoms with Crippen LogP contribution in [0.4, 0.5) is 5.69 Å². The van der Waals surface area contributed by atoms with Crippen LogP contribution in [-0.2, 0) is 16.1 Å². The SMILES string of the molecule is [15NH2]c1cccc2c1CN(C1CCC(=O)NC1=O)C2=O. The lowest BCUT2D eigenvalue weighted by Gasteiger charge is -2.29. The normalized spacial score (nSPS) is 22.4. The molecule has 0 spiro atoms. The van der Waals surface area contributed by atoms with Crippen LogP contribution in [0, 0.1) is 0 Å². The number of fused-ring (bicyclic) bond motifs is 1. The molecule has 3 N–H and O–H groups in total. The van der Waals surface area contributed by atoms with E-state index in [4.69, 9.17) is 5.73 Å². The molecule has 6 nitrogen and oxygen atoms in total. The summed E-state index contributed by atoms with van der Waals surface area (Å²) in [6, 6.07) is 4.58. The number of hydrogen-bond acceptors (Lipinski definition) is 4. The van der Waals surface area contributed by atoms with Crippen LogP contribution >= 0.6 is 0 Å². The summed E-state index contributed by atoms with van der Waals surface area (Å²) in [4.78, 5) is 36.7. The topological polar surface area (TPSA) is 92.5 Å². The summed E-state index contributed by atoms with van der Waals surface area (Å²) in [7, 11) is 0. The van der Waals surface area contributed by atoms with E-state index in [1.54, 1.807) is 18.2 Å². The predicted molar refractivity (Wildman–Crippen MR) is 66.9 cm³/mol. The average molecular weight is 260 g/mol. The first kappa shape index (κ1) is 11.7. The van der Waals surface area contributed by atoms with E-state index in [1.165, 1.54) is 4.90 Å². The summed E-state index contributed by atoms with van der Waals surface area (Å²) in [6.07, 6.45) is 0.621. The lowest BCUT2D eigenvalue weighted by molar-refractivity contribution is -0.136. The minimum absolute atomic E-state index is 0.197.